The number of nitrogens with zero attached hydrogens (tertiary/aromatic N) is 2. The number of hydrogen-bond acceptors (Lipinski definition) is 5. The molecule has 0 saturated carbocycles. The quantitative estimate of drug-likeness (QED) is 0.834. The van der Waals surface area contributed by atoms with Crippen LogP contribution >= 0.6 is 11.3 Å². The van der Waals surface area contributed by atoms with Gasteiger partial charge in [0.1, 0.15) is 4.21 Å². The molecule has 2 saturated heterocycles. The molecule has 0 aliphatic carbocycles. The van der Waals surface area contributed by atoms with Gasteiger partial charge in [-0.1, -0.05) is 6.07 Å². The van der Waals surface area contributed by atoms with E-state index in [-0.39, 0.29) is 0 Å². The third-order valence-corrected chi connectivity index (χ3v) is 7.20. The van der Waals surface area contributed by atoms with Crippen molar-refractivity contribution in [1.29, 1.82) is 0 Å². The lowest BCUT2D eigenvalue weighted by molar-refractivity contribution is 0.0316. The molecule has 0 N–H and O–H groups in total. The van der Waals surface area contributed by atoms with Crippen molar-refractivity contribution in [2.24, 2.45) is 5.92 Å². The largest absolute Gasteiger partial charge is 0.379 e. The van der Waals surface area contributed by atoms with Crippen molar-refractivity contribution in [3.63, 3.8) is 0 Å². The van der Waals surface area contributed by atoms with Crippen molar-refractivity contribution in [3.8, 4) is 0 Å². The summed E-state index contributed by atoms with van der Waals surface area (Å²) in [5.41, 5.74) is 0. The van der Waals surface area contributed by atoms with Crippen LogP contribution in [0, 0.1) is 5.92 Å². The summed E-state index contributed by atoms with van der Waals surface area (Å²) < 4.78 is 32.3. The van der Waals surface area contributed by atoms with Gasteiger partial charge in [0.05, 0.1) is 13.2 Å². The first-order valence-corrected chi connectivity index (χ1v) is 9.32. The third kappa shape index (κ3) is 3.07. The lowest BCUT2D eigenvalue weighted by atomic mass is 10.1. The monoisotopic (exact) mass is 316 g/mol. The highest BCUT2D eigenvalue weighted by Gasteiger charge is 2.33. The molecule has 3 heterocycles. The van der Waals surface area contributed by atoms with Gasteiger partial charge in [-0.3, -0.25) is 4.90 Å². The molecular weight excluding hydrogens is 296 g/mol. The van der Waals surface area contributed by atoms with E-state index in [4.69, 9.17) is 4.74 Å². The maximum absolute atomic E-state index is 12.4. The summed E-state index contributed by atoms with van der Waals surface area (Å²) in [5.74, 6) is 0.447. The first kappa shape index (κ1) is 14.5. The normalized spacial score (nSPS) is 26.1. The Bertz CT molecular complexity index is 524. The lowest BCUT2D eigenvalue weighted by Crippen LogP contribution is -2.40. The van der Waals surface area contributed by atoms with Crippen LogP contribution in [0.15, 0.2) is 21.7 Å². The molecule has 0 spiro atoms. The molecule has 20 heavy (non-hydrogen) atoms. The molecule has 1 aromatic rings. The fraction of sp³-hybridized carbons (Fsp3) is 0.692. The number of rotatable bonds is 4. The minimum atomic E-state index is -3.26. The summed E-state index contributed by atoms with van der Waals surface area (Å²) in [6, 6.07) is 3.48. The zero-order chi connectivity index (χ0) is 14.0. The van der Waals surface area contributed by atoms with Gasteiger partial charge < -0.3 is 4.74 Å². The maximum atomic E-state index is 12.4. The summed E-state index contributed by atoms with van der Waals surface area (Å²) >= 11 is 1.30. The molecule has 112 valence electrons. The van der Waals surface area contributed by atoms with Crippen molar-refractivity contribution < 1.29 is 13.2 Å². The van der Waals surface area contributed by atoms with Gasteiger partial charge in [0, 0.05) is 32.7 Å². The van der Waals surface area contributed by atoms with Gasteiger partial charge in [0.2, 0.25) is 0 Å². The van der Waals surface area contributed by atoms with Gasteiger partial charge in [-0.05, 0) is 23.8 Å². The molecule has 0 amide bonds. The van der Waals surface area contributed by atoms with Crippen LogP contribution in [0.25, 0.3) is 0 Å². The SMILES string of the molecule is O=S(=O)(c1cccs1)N1CC[C@@H](CN2CCOCC2)C1. The second-order valence-corrected chi connectivity index (χ2v) is 8.48. The average Bonchev–Trinajstić information content (AvgIpc) is 3.11. The van der Waals surface area contributed by atoms with Crippen LogP contribution in [0.1, 0.15) is 6.42 Å². The molecular formula is C13H20N2O3S2. The predicted molar refractivity (Wildman–Crippen MR) is 78.4 cm³/mol. The molecule has 0 radical (unpaired) electrons. The van der Waals surface area contributed by atoms with E-state index < -0.39 is 10.0 Å². The topological polar surface area (TPSA) is 49.9 Å². The van der Waals surface area contributed by atoms with E-state index >= 15 is 0 Å². The Morgan fingerprint density at radius 2 is 2.10 bits per heavy atom. The van der Waals surface area contributed by atoms with Crippen LogP contribution in [0.5, 0.6) is 0 Å². The molecule has 1 aromatic heterocycles. The fourth-order valence-corrected chi connectivity index (χ4v) is 5.53. The Hall–Kier alpha value is -0.470. The summed E-state index contributed by atoms with van der Waals surface area (Å²) in [6.07, 6.45) is 0.960. The van der Waals surface area contributed by atoms with Crippen LogP contribution in [0.4, 0.5) is 0 Å². The fourth-order valence-electron chi connectivity index (χ4n) is 2.85. The maximum Gasteiger partial charge on any atom is 0.252 e. The van der Waals surface area contributed by atoms with Gasteiger partial charge in [-0.2, -0.15) is 4.31 Å². The number of morpholine rings is 1. The van der Waals surface area contributed by atoms with Crippen LogP contribution in [-0.4, -0.2) is 63.6 Å². The second-order valence-electron chi connectivity index (χ2n) is 5.36. The number of thiophene rings is 1. The third-order valence-electron chi connectivity index (χ3n) is 3.96. The Morgan fingerprint density at radius 3 is 2.80 bits per heavy atom. The zero-order valence-corrected chi connectivity index (χ0v) is 13.0. The van der Waals surface area contributed by atoms with E-state index in [1.165, 1.54) is 11.3 Å². The van der Waals surface area contributed by atoms with E-state index in [1.54, 1.807) is 16.4 Å². The smallest absolute Gasteiger partial charge is 0.252 e. The van der Waals surface area contributed by atoms with Crippen molar-refractivity contribution in [2.45, 2.75) is 10.6 Å². The number of sulfonamides is 1. The van der Waals surface area contributed by atoms with Crippen molar-refractivity contribution in [3.05, 3.63) is 17.5 Å². The molecule has 7 heteroatoms. The van der Waals surface area contributed by atoms with Crippen LogP contribution in [0.3, 0.4) is 0 Å². The standard InChI is InChI=1S/C13H20N2O3S2/c16-20(17,13-2-1-9-19-13)15-4-3-12(11-15)10-14-5-7-18-8-6-14/h1-2,9,12H,3-8,10-11H2/t12-/m0/s1. The summed E-state index contributed by atoms with van der Waals surface area (Å²) in [4.78, 5) is 2.38. The van der Waals surface area contributed by atoms with E-state index in [2.05, 4.69) is 4.90 Å². The van der Waals surface area contributed by atoms with Gasteiger partial charge in [0.25, 0.3) is 10.0 Å². The van der Waals surface area contributed by atoms with Crippen LogP contribution in [-0.2, 0) is 14.8 Å². The van der Waals surface area contributed by atoms with Gasteiger partial charge in [0.15, 0.2) is 0 Å². The number of hydrogen-bond donors (Lipinski definition) is 0. The minimum absolute atomic E-state index is 0.447. The van der Waals surface area contributed by atoms with Crippen molar-refractivity contribution in [1.82, 2.24) is 9.21 Å². The second kappa shape index (κ2) is 6.11. The first-order chi connectivity index (χ1) is 9.66. The Balaban J connectivity index is 1.59. The van der Waals surface area contributed by atoms with E-state index in [1.807, 2.05) is 5.38 Å². The molecule has 2 aliphatic rings. The lowest BCUT2D eigenvalue weighted by Gasteiger charge is -2.28. The average molecular weight is 316 g/mol. The zero-order valence-electron chi connectivity index (χ0n) is 11.4. The predicted octanol–water partition coefficient (Wildman–Crippen LogP) is 1.09. The molecule has 0 bridgehead atoms. The highest BCUT2D eigenvalue weighted by molar-refractivity contribution is 7.91. The highest BCUT2D eigenvalue weighted by atomic mass is 32.2. The van der Waals surface area contributed by atoms with Gasteiger partial charge in [-0.25, -0.2) is 8.42 Å². The number of ether oxygens (including phenoxy) is 1. The van der Waals surface area contributed by atoms with Crippen LogP contribution in [0.2, 0.25) is 0 Å². The van der Waals surface area contributed by atoms with E-state index in [0.29, 0.717) is 23.2 Å². The molecule has 0 unspecified atom stereocenters. The van der Waals surface area contributed by atoms with Crippen LogP contribution < -0.4 is 0 Å². The summed E-state index contributed by atoms with van der Waals surface area (Å²) in [5, 5.41) is 1.81. The molecule has 0 aromatic carbocycles. The molecule has 3 rings (SSSR count). The molecule has 5 nitrogen and oxygen atoms in total. The molecule has 1 atom stereocenters. The van der Waals surface area contributed by atoms with Gasteiger partial charge in [-0.15, -0.1) is 11.3 Å². The van der Waals surface area contributed by atoms with Crippen molar-refractivity contribution in [2.75, 3.05) is 45.9 Å². The summed E-state index contributed by atoms with van der Waals surface area (Å²) in [7, 11) is -3.26. The van der Waals surface area contributed by atoms with Crippen molar-refractivity contribution >= 4 is 21.4 Å². The molecule has 2 fully saturated rings. The Labute approximate surface area is 124 Å². The minimum Gasteiger partial charge on any atom is -0.379 e. The summed E-state index contributed by atoms with van der Waals surface area (Å²) in [6.45, 7) is 5.81. The Morgan fingerprint density at radius 1 is 1.30 bits per heavy atom. The Kier molecular flexibility index (Phi) is 4.42. The van der Waals surface area contributed by atoms with E-state index in [0.717, 1.165) is 39.3 Å². The van der Waals surface area contributed by atoms with E-state index in [9.17, 15) is 8.42 Å². The first-order valence-electron chi connectivity index (χ1n) is 7.00. The highest BCUT2D eigenvalue weighted by Crippen LogP contribution is 2.27. The molecule has 2 aliphatic heterocycles. The van der Waals surface area contributed by atoms with Gasteiger partial charge >= 0.3 is 0 Å².